The Bertz CT molecular complexity index is 1080. The first kappa shape index (κ1) is 18.8. The molecule has 2 aliphatic rings. The van der Waals surface area contributed by atoms with E-state index in [0.717, 1.165) is 27.2 Å². The highest BCUT2D eigenvalue weighted by atomic mass is 32.2. The number of Topliss-reactive ketones (excluding diaryl/α,β-unsaturated/α-hetero) is 1. The largest absolute Gasteiger partial charge is 0.295 e. The van der Waals surface area contributed by atoms with Gasteiger partial charge in [0.25, 0.3) is 0 Å². The summed E-state index contributed by atoms with van der Waals surface area (Å²) in [5.41, 5.74) is 2.86. The van der Waals surface area contributed by atoms with Crippen molar-refractivity contribution in [2.45, 2.75) is 55.2 Å². The van der Waals surface area contributed by atoms with Crippen molar-refractivity contribution in [3.05, 3.63) is 70.8 Å². The standard InChI is InChI=1S/C24H23NO2S/c1-16-8-10-18(11-9-16)28(27)22-7-5-4-6-19(22)24(15-25)12-20-17(2)21(26)13-23(20,3)14-24/h4-11H,12-14H2,1-3H3/t23-,24-,28-/m0/s1. The summed E-state index contributed by atoms with van der Waals surface area (Å²) in [6.07, 6.45) is 1.61. The zero-order valence-corrected chi connectivity index (χ0v) is 17.2. The van der Waals surface area contributed by atoms with Gasteiger partial charge in [-0.05, 0) is 61.4 Å². The first-order valence-electron chi connectivity index (χ1n) is 9.52. The number of fused-ring (bicyclic) bond motifs is 1. The Kier molecular flexibility index (Phi) is 4.39. The van der Waals surface area contributed by atoms with Crippen LogP contribution in [0.2, 0.25) is 0 Å². The molecule has 1 saturated carbocycles. The van der Waals surface area contributed by atoms with Crippen LogP contribution in [0.25, 0.3) is 0 Å². The molecule has 0 saturated heterocycles. The Morgan fingerprint density at radius 2 is 1.71 bits per heavy atom. The van der Waals surface area contributed by atoms with Crippen LogP contribution in [0.15, 0.2) is 69.5 Å². The van der Waals surface area contributed by atoms with Crippen molar-refractivity contribution in [1.82, 2.24) is 0 Å². The van der Waals surface area contributed by atoms with Crippen LogP contribution in [0.3, 0.4) is 0 Å². The van der Waals surface area contributed by atoms with E-state index in [4.69, 9.17) is 0 Å². The van der Waals surface area contributed by atoms with E-state index in [-0.39, 0.29) is 11.2 Å². The molecule has 0 unspecified atom stereocenters. The van der Waals surface area contributed by atoms with E-state index >= 15 is 0 Å². The van der Waals surface area contributed by atoms with Gasteiger partial charge in [-0.3, -0.25) is 4.79 Å². The topological polar surface area (TPSA) is 57.9 Å². The molecule has 1 fully saturated rings. The van der Waals surface area contributed by atoms with Gasteiger partial charge in [-0.25, -0.2) is 4.21 Å². The number of rotatable bonds is 3. The Morgan fingerprint density at radius 3 is 2.36 bits per heavy atom. The van der Waals surface area contributed by atoms with E-state index in [2.05, 4.69) is 13.0 Å². The lowest BCUT2D eigenvalue weighted by Gasteiger charge is -2.27. The number of aryl methyl sites for hydroxylation is 1. The predicted molar refractivity (Wildman–Crippen MR) is 109 cm³/mol. The molecule has 0 bridgehead atoms. The average molecular weight is 390 g/mol. The highest BCUT2D eigenvalue weighted by molar-refractivity contribution is 7.85. The highest BCUT2D eigenvalue weighted by Crippen LogP contribution is 2.60. The Morgan fingerprint density at radius 1 is 1.04 bits per heavy atom. The molecule has 0 aromatic heterocycles. The molecule has 4 rings (SSSR count). The summed E-state index contributed by atoms with van der Waals surface area (Å²) >= 11 is 0. The molecule has 2 aliphatic carbocycles. The van der Waals surface area contributed by atoms with E-state index in [1.165, 1.54) is 0 Å². The van der Waals surface area contributed by atoms with Crippen molar-refractivity contribution < 1.29 is 9.00 Å². The zero-order chi connectivity index (χ0) is 20.1. The summed E-state index contributed by atoms with van der Waals surface area (Å²) in [4.78, 5) is 13.7. The van der Waals surface area contributed by atoms with Gasteiger partial charge in [0.1, 0.15) is 0 Å². The second-order valence-electron chi connectivity index (χ2n) is 8.39. The molecular formula is C24H23NO2S. The van der Waals surface area contributed by atoms with Crippen molar-refractivity contribution in [3.63, 3.8) is 0 Å². The van der Waals surface area contributed by atoms with Crippen LogP contribution >= 0.6 is 0 Å². The first-order chi connectivity index (χ1) is 13.3. The van der Waals surface area contributed by atoms with Crippen molar-refractivity contribution in [1.29, 1.82) is 5.26 Å². The third kappa shape index (κ3) is 2.77. The molecule has 2 aromatic carbocycles. The van der Waals surface area contributed by atoms with Gasteiger partial charge in [-0.2, -0.15) is 5.26 Å². The number of carbonyl (C=O) groups is 1. The van der Waals surface area contributed by atoms with Gasteiger partial charge in [0, 0.05) is 16.2 Å². The molecule has 3 atom stereocenters. The maximum atomic E-state index is 13.4. The first-order valence-corrected chi connectivity index (χ1v) is 10.7. The smallest absolute Gasteiger partial charge is 0.159 e. The zero-order valence-electron chi connectivity index (χ0n) is 16.4. The number of hydrogen-bond donors (Lipinski definition) is 0. The van der Waals surface area contributed by atoms with Crippen molar-refractivity contribution in [2.75, 3.05) is 0 Å². The number of hydrogen-bond acceptors (Lipinski definition) is 3. The van der Waals surface area contributed by atoms with Gasteiger partial charge in [-0.1, -0.05) is 48.4 Å². The SMILES string of the molecule is CC1=C2C[C@](C#N)(c3ccccc3[S@@](=O)c3ccc(C)cc3)C[C@]2(C)CC1=O. The number of carbonyl (C=O) groups excluding carboxylic acids is 1. The minimum absolute atomic E-state index is 0.195. The molecule has 142 valence electrons. The Balaban J connectivity index is 1.82. The second kappa shape index (κ2) is 6.53. The van der Waals surface area contributed by atoms with Gasteiger partial charge in [0.15, 0.2) is 5.78 Å². The summed E-state index contributed by atoms with van der Waals surface area (Å²) in [7, 11) is -1.36. The molecule has 4 heteroatoms. The lowest BCUT2D eigenvalue weighted by Crippen LogP contribution is -2.25. The lowest BCUT2D eigenvalue weighted by atomic mass is 9.75. The minimum atomic E-state index is -1.36. The summed E-state index contributed by atoms with van der Waals surface area (Å²) in [5.74, 6) is 0.195. The van der Waals surface area contributed by atoms with Crippen LogP contribution in [0.5, 0.6) is 0 Å². The molecule has 0 aliphatic heterocycles. The molecule has 28 heavy (non-hydrogen) atoms. The molecule has 2 aromatic rings. The van der Waals surface area contributed by atoms with Crippen molar-refractivity contribution in [3.8, 4) is 6.07 Å². The lowest BCUT2D eigenvalue weighted by molar-refractivity contribution is -0.116. The third-order valence-electron chi connectivity index (χ3n) is 6.37. The molecule has 3 nitrogen and oxygen atoms in total. The van der Waals surface area contributed by atoms with E-state index in [0.29, 0.717) is 24.2 Å². The van der Waals surface area contributed by atoms with Gasteiger partial charge in [0.05, 0.1) is 22.3 Å². The number of ketones is 1. The predicted octanol–water partition coefficient (Wildman–Crippen LogP) is 5.01. The van der Waals surface area contributed by atoms with Crippen LogP contribution in [0.4, 0.5) is 0 Å². The average Bonchev–Trinajstić information content (AvgIpc) is 3.10. The molecule has 0 radical (unpaired) electrons. The summed E-state index contributed by atoms with van der Waals surface area (Å²) in [6, 6.07) is 17.8. The number of allylic oxidation sites excluding steroid dienone is 2. The van der Waals surface area contributed by atoms with E-state index in [9.17, 15) is 14.3 Å². The monoisotopic (exact) mass is 389 g/mol. The van der Waals surface area contributed by atoms with Gasteiger partial charge in [-0.15, -0.1) is 0 Å². The fraction of sp³-hybridized carbons (Fsp3) is 0.333. The molecule has 0 spiro atoms. The maximum absolute atomic E-state index is 13.4. The Hall–Kier alpha value is -2.51. The number of benzene rings is 2. The van der Waals surface area contributed by atoms with Crippen LogP contribution in [-0.4, -0.2) is 9.99 Å². The second-order valence-corrected chi connectivity index (χ2v) is 9.84. The van der Waals surface area contributed by atoms with Crippen LogP contribution < -0.4 is 0 Å². The van der Waals surface area contributed by atoms with Crippen LogP contribution in [0.1, 0.15) is 44.2 Å². The number of nitriles is 1. The van der Waals surface area contributed by atoms with Crippen LogP contribution in [0, 0.1) is 23.7 Å². The minimum Gasteiger partial charge on any atom is -0.295 e. The molecule has 0 N–H and O–H groups in total. The summed E-state index contributed by atoms with van der Waals surface area (Å²) in [5, 5.41) is 10.2. The highest BCUT2D eigenvalue weighted by Gasteiger charge is 2.55. The number of nitrogens with zero attached hydrogens (tertiary/aromatic N) is 1. The third-order valence-corrected chi connectivity index (χ3v) is 7.83. The van der Waals surface area contributed by atoms with Crippen LogP contribution in [-0.2, 0) is 21.0 Å². The summed E-state index contributed by atoms with van der Waals surface area (Å²) < 4.78 is 13.4. The summed E-state index contributed by atoms with van der Waals surface area (Å²) in [6.45, 7) is 5.97. The van der Waals surface area contributed by atoms with Gasteiger partial charge >= 0.3 is 0 Å². The van der Waals surface area contributed by atoms with E-state index in [1.54, 1.807) is 0 Å². The Labute approximate surface area is 168 Å². The fourth-order valence-corrected chi connectivity index (χ4v) is 6.20. The van der Waals surface area contributed by atoms with Crippen molar-refractivity contribution in [2.24, 2.45) is 5.41 Å². The van der Waals surface area contributed by atoms with Gasteiger partial charge < -0.3 is 0 Å². The van der Waals surface area contributed by atoms with Crippen molar-refractivity contribution >= 4 is 16.6 Å². The van der Waals surface area contributed by atoms with E-state index < -0.39 is 16.2 Å². The fourth-order valence-electron chi connectivity index (χ4n) is 4.90. The van der Waals surface area contributed by atoms with Gasteiger partial charge in [0.2, 0.25) is 0 Å². The quantitative estimate of drug-likeness (QED) is 0.741. The molecular weight excluding hydrogens is 366 g/mol. The normalized spacial score (nSPS) is 27.6. The molecule has 0 heterocycles. The van der Waals surface area contributed by atoms with E-state index in [1.807, 2.05) is 62.4 Å². The molecule has 0 amide bonds. The maximum Gasteiger partial charge on any atom is 0.159 e.